The molecule has 0 radical (unpaired) electrons. The van der Waals surface area contributed by atoms with Gasteiger partial charge in [0, 0.05) is 14.0 Å². The summed E-state index contributed by atoms with van der Waals surface area (Å²) >= 11 is 0. The molecule has 0 saturated heterocycles. The van der Waals surface area contributed by atoms with Gasteiger partial charge in [-0.15, -0.1) is 0 Å². The summed E-state index contributed by atoms with van der Waals surface area (Å²) in [6.07, 6.45) is 0. The predicted molar refractivity (Wildman–Crippen MR) is 109 cm³/mol. The summed E-state index contributed by atoms with van der Waals surface area (Å²) in [5.41, 5.74) is 0.337. The Morgan fingerprint density at radius 2 is 0.962 bits per heavy atom. The molecule has 0 aliphatic rings. The minimum absolute atomic E-state index is 0.337. The molecule has 0 atom stereocenters. The summed E-state index contributed by atoms with van der Waals surface area (Å²) in [5.74, 6) is -0.447. The van der Waals surface area contributed by atoms with Crippen molar-refractivity contribution in [1.82, 2.24) is 0 Å². The number of benzene rings is 3. The summed E-state index contributed by atoms with van der Waals surface area (Å²) in [6.45, 7) is -2.52. The van der Waals surface area contributed by atoms with Crippen LogP contribution in [0, 0.1) is 0 Å². The first-order valence-corrected chi connectivity index (χ1v) is 10.1. The zero-order chi connectivity index (χ0) is 18.4. The normalized spacial score (nSPS) is 11.0. The smallest absolute Gasteiger partial charge is 0.362 e. The molecular weight excluding hydrogens is 343 g/mol. The highest BCUT2D eigenvalue weighted by molar-refractivity contribution is 7.96. The molecule has 0 heterocycles. The van der Waals surface area contributed by atoms with E-state index < -0.39 is 12.9 Å². The number of hydrogen-bond acceptors (Lipinski definition) is 3. The molecule has 132 valence electrons. The molecule has 0 aliphatic heterocycles. The van der Waals surface area contributed by atoms with Crippen molar-refractivity contribution in [3.8, 4) is 0 Å². The zero-order valence-corrected chi connectivity index (χ0v) is 15.7. The number of carbonyl (C=O) groups excluding carboxylic acids is 1. The van der Waals surface area contributed by atoms with Crippen LogP contribution in [0.25, 0.3) is 0 Å². The lowest BCUT2D eigenvalue weighted by atomic mass is 10.4. The molecule has 0 N–H and O–H groups in total. The van der Waals surface area contributed by atoms with Gasteiger partial charge in [0.2, 0.25) is 0 Å². The molecule has 0 saturated carbocycles. The lowest BCUT2D eigenvalue weighted by Crippen LogP contribution is -2.34. The fraction of sp³-hybridized carbons (Fsp3) is 0.0909. The van der Waals surface area contributed by atoms with E-state index in [0.717, 1.165) is 15.9 Å². The van der Waals surface area contributed by atoms with Gasteiger partial charge in [-0.05, 0) is 15.9 Å². The molecule has 3 rings (SSSR count). The van der Waals surface area contributed by atoms with Gasteiger partial charge in [-0.3, -0.25) is 0 Å². The summed E-state index contributed by atoms with van der Waals surface area (Å²) in [6, 6.07) is 30.1. The maximum atomic E-state index is 12.8. The summed E-state index contributed by atoms with van der Waals surface area (Å²) in [4.78, 5) is 12.8. The second kappa shape index (κ2) is 8.18. The molecule has 0 aliphatic carbocycles. The molecule has 0 spiro atoms. The Hall–Kier alpha value is -2.61. The predicted octanol–water partition coefficient (Wildman–Crippen LogP) is 2.93. The van der Waals surface area contributed by atoms with Crippen LogP contribution < -0.4 is 15.9 Å². The Bertz CT molecular complexity index is 816. The van der Waals surface area contributed by atoms with Crippen LogP contribution in [0.4, 0.5) is 0 Å². The van der Waals surface area contributed by atoms with E-state index in [1.54, 1.807) is 0 Å². The van der Waals surface area contributed by atoms with Gasteiger partial charge in [0.05, 0.1) is 7.11 Å². The molecule has 0 aromatic heterocycles. The SMILES string of the molecule is COC(=O)C(OC)=P(c1ccccc1)(c1ccccc1)c1ccccc1. The van der Waals surface area contributed by atoms with Crippen molar-refractivity contribution in [2.24, 2.45) is 0 Å². The molecule has 0 bridgehead atoms. The van der Waals surface area contributed by atoms with E-state index >= 15 is 0 Å². The van der Waals surface area contributed by atoms with Crippen molar-refractivity contribution in [3.63, 3.8) is 0 Å². The zero-order valence-electron chi connectivity index (χ0n) is 14.8. The Morgan fingerprint density at radius 3 is 1.23 bits per heavy atom. The second-order valence-electron chi connectivity index (χ2n) is 5.68. The monoisotopic (exact) mass is 364 g/mol. The van der Waals surface area contributed by atoms with E-state index in [9.17, 15) is 4.79 Å². The molecule has 3 aromatic carbocycles. The van der Waals surface area contributed by atoms with Gasteiger partial charge in [-0.2, -0.15) is 0 Å². The van der Waals surface area contributed by atoms with E-state index in [0.29, 0.717) is 5.48 Å². The summed E-state index contributed by atoms with van der Waals surface area (Å²) in [7, 11) is 2.92. The van der Waals surface area contributed by atoms with E-state index in [-0.39, 0.29) is 0 Å². The third-order valence-electron chi connectivity index (χ3n) is 4.29. The first-order chi connectivity index (χ1) is 12.7. The molecule has 0 fully saturated rings. The maximum Gasteiger partial charge on any atom is 0.362 e. The lowest BCUT2D eigenvalue weighted by Gasteiger charge is -2.30. The van der Waals surface area contributed by atoms with Gasteiger partial charge in [0.15, 0.2) is 5.48 Å². The average molecular weight is 364 g/mol. The van der Waals surface area contributed by atoms with Gasteiger partial charge < -0.3 is 9.47 Å². The number of rotatable bonds is 5. The first-order valence-electron chi connectivity index (χ1n) is 8.31. The lowest BCUT2D eigenvalue weighted by molar-refractivity contribution is -0.133. The van der Waals surface area contributed by atoms with Crippen LogP contribution >= 0.6 is 6.89 Å². The average Bonchev–Trinajstić information content (AvgIpc) is 2.73. The molecule has 3 aromatic rings. The number of ether oxygens (including phenoxy) is 2. The van der Waals surface area contributed by atoms with Gasteiger partial charge in [0.25, 0.3) is 0 Å². The van der Waals surface area contributed by atoms with Crippen molar-refractivity contribution in [1.29, 1.82) is 0 Å². The van der Waals surface area contributed by atoms with Gasteiger partial charge in [-0.25, -0.2) is 4.79 Å². The Balaban J connectivity index is 2.56. The topological polar surface area (TPSA) is 35.5 Å². The van der Waals surface area contributed by atoms with Crippen LogP contribution in [0.15, 0.2) is 91.0 Å². The standard InChI is InChI=1S/C22H21O3P/c1-24-21(23)22(25-2)26(18-12-6-3-7-13-18,19-14-8-4-9-15-19)20-16-10-5-11-17-20/h3-17H,1-2H3. The molecule has 26 heavy (non-hydrogen) atoms. The quantitative estimate of drug-likeness (QED) is 0.516. The fourth-order valence-corrected chi connectivity index (χ4v) is 7.29. The fourth-order valence-electron chi connectivity index (χ4n) is 3.20. The summed E-state index contributed by atoms with van der Waals surface area (Å²) in [5, 5.41) is 3.12. The largest absolute Gasteiger partial charge is 0.464 e. The van der Waals surface area contributed by atoms with Crippen molar-refractivity contribution in [2.75, 3.05) is 14.2 Å². The Kier molecular flexibility index (Phi) is 5.72. The highest BCUT2D eigenvalue weighted by Crippen LogP contribution is 2.46. The summed E-state index contributed by atoms with van der Waals surface area (Å²) < 4.78 is 10.8. The molecule has 0 unspecified atom stereocenters. The van der Waals surface area contributed by atoms with Crippen LogP contribution in [-0.4, -0.2) is 25.7 Å². The minimum atomic E-state index is -2.52. The maximum absolute atomic E-state index is 12.8. The Labute approximate surface area is 154 Å². The van der Waals surface area contributed by atoms with E-state index in [4.69, 9.17) is 9.47 Å². The third-order valence-corrected chi connectivity index (χ3v) is 8.48. The van der Waals surface area contributed by atoms with Gasteiger partial charge in [0.1, 0.15) is 0 Å². The van der Waals surface area contributed by atoms with Crippen LogP contribution in [0.3, 0.4) is 0 Å². The van der Waals surface area contributed by atoms with Crippen molar-refractivity contribution in [3.05, 3.63) is 91.0 Å². The third kappa shape index (κ3) is 3.12. The highest BCUT2D eigenvalue weighted by atomic mass is 31.2. The van der Waals surface area contributed by atoms with Crippen molar-refractivity contribution in [2.45, 2.75) is 0 Å². The minimum Gasteiger partial charge on any atom is -0.464 e. The van der Waals surface area contributed by atoms with Crippen LogP contribution in [-0.2, 0) is 14.3 Å². The number of esters is 1. The number of carbonyl (C=O) groups is 1. The molecule has 4 heteroatoms. The molecule has 3 nitrogen and oxygen atoms in total. The second-order valence-corrected chi connectivity index (χ2v) is 8.98. The molecule has 0 amide bonds. The van der Waals surface area contributed by atoms with Gasteiger partial charge in [-0.1, -0.05) is 91.0 Å². The van der Waals surface area contributed by atoms with E-state index in [1.165, 1.54) is 14.2 Å². The van der Waals surface area contributed by atoms with E-state index in [2.05, 4.69) is 36.4 Å². The van der Waals surface area contributed by atoms with Crippen LogP contribution in [0.5, 0.6) is 0 Å². The van der Waals surface area contributed by atoms with Gasteiger partial charge >= 0.3 is 5.97 Å². The van der Waals surface area contributed by atoms with Crippen LogP contribution in [0.2, 0.25) is 0 Å². The van der Waals surface area contributed by atoms with Crippen LogP contribution in [0.1, 0.15) is 0 Å². The molecular formula is C22H21O3P. The highest BCUT2D eigenvalue weighted by Gasteiger charge is 2.34. The number of methoxy groups -OCH3 is 2. The van der Waals surface area contributed by atoms with E-state index in [1.807, 2.05) is 54.6 Å². The van der Waals surface area contributed by atoms with Crippen molar-refractivity contribution >= 4 is 34.2 Å². The first kappa shape index (κ1) is 18.2. The Morgan fingerprint density at radius 1 is 0.615 bits per heavy atom. The van der Waals surface area contributed by atoms with Crippen molar-refractivity contribution < 1.29 is 14.3 Å². The number of hydrogen-bond donors (Lipinski definition) is 0.